The van der Waals surface area contributed by atoms with Gasteiger partial charge in [0.15, 0.2) is 0 Å². The molecule has 100 valence electrons. The van der Waals surface area contributed by atoms with Crippen molar-refractivity contribution in [2.24, 2.45) is 0 Å². The number of nitro groups is 1. The summed E-state index contributed by atoms with van der Waals surface area (Å²) >= 11 is 0. The molecule has 18 heavy (non-hydrogen) atoms. The monoisotopic (exact) mass is 255 g/mol. The lowest BCUT2D eigenvalue weighted by atomic mass is 10.2. The number of nitrogens with zero attached hydrogens (tertiary/aromatic N) is 2. The number of hydrogen-bond acceptors (Lipinski definition) is 4. The Morgan fingerprint density at radius 1 is 1.61 bits per heavy atom. The van der Waals surface area contributed by atoms with Gasteiger partial charge in [0.25, 0.3) is 11.6 Å². The van der Waals surface area contributed by atoms with Gasteiger partial charge in [-0.3, -0.25) is 14.9 Å². The Morgan fingerprint density at radius 3 is 2.72 bits per heavy atom. The molecule has 0 saturated heterocycles. The van der Waals surface area contributed by atoms with Gasteiger partial charge in [0.1, 0.15) is 5.69 Å². The van der Waals surface area contributed by atoms with Crippen molar-refractivity contribution in [1.82, 2.24) is 9.88 Å². The zero-order chi connectivity index (χ0) is 13.7. The Hall–Kier alpha value is -1.89. The molecule has 0 aliphatic heterocycles. The van der Waals surface area contributed by atoms with E-state index >= 15 is 0 Å². The summed E-state index contributed by atoms with van der Waals surface area (Å²) in [5.74, 6) is -0.299. The average molecular weight is 255 g/mol. The van der Waals surface area contributed by atoms with Crippen LogP contribution in [0, 0.1) is 10.1 Å². The number of hydrogen-bond donors (Lipinski definition) is 2. The second-order valence-corrected chi connectivity index (χ2v) is 4.20. The number of amides is 1. The molecule has 1 aromatic heterocycles. The van der Waals surface area contributed by atoms with E-state index in [1.165, 1.54) is 12.3 Å². The highest BCUT2D eigenvalue weighted by molar-refractivity contribution is 5.93. The van der Waals surface area contributed by atoms with E-state index in [1.807, 2.05) is 13.8 Å². The Morgan fingerprint density at radius 2 is 2.28 bits per heavy atom. The molecule has 0 saturated carbocycles. The number of rotatable bonds is 6. The first kappa shape index (κ1) is 14.2. The molecular weight excluding hydrogens is 238 g/mol. The molecule has 0 aromatic carbocycles. The quantitative estimate of drug-likeness (QED) is 0.588. The van der Waals surface area contributed by atoms with Crippen LogP contribution in [0.15, 0.2) is 12.3 Å². The first-order valence-corrected chi connectivity index (χ1v) is 5.72. The summed E-state index contributed by atoms with van der Waals surface area (Å²) in [5, 5.41) is 19.3. The van der Waals surface area contributed by atoms with Crippen LogP contribution >= 0.6 is 0 Å². The van der Waals surface area contributed by atoms with Gasteiger partial charge in [0.2, 0.25) is 0 Å². The molecule has 7 heteroatoms. The smallest absolute Gasteiger partial charge is 0.287 e. The van der Waals surface area contributed by atoms with Crippen molar-refractivity contribution in [3.63, 3.8) is 0 Å². The number of aromatic nitrogens is 1. The first-order chi connectivity index (χ1) is 8.47. The Labute approximate surface area is 105 Å². The normalized spacial score (nSPS) is 10.7. The molecular formula is C11H17N3O4. The summed E-state index contributed by atoms with van der Waals surface area (Å²) in [6.07, 6.45) is 1.67. The van der Waals surface area contributed by atoms with E-state index in [9.17, 15) is 14.9 Å². The van der Waals surface area contributed by atoms with Gasteiger partial charge in [0.05, 0.1) is 11.1 Å². The van der Waals surface area contributed by atoms with Gasteiger partial charge in [0, 0.05) is 25.3 Å². The summed E-state index contributed by atoms with van der Waals surface area (Å²) in [6, 6.07) is 1.18. The molecule has 2 N–H and O–H groups in total. The van der Waals surface area contributed by atoms with Gasteiger partial charge < -0.3 is 15.0 Å². The minimum Gasteiger partial charge on any atom is -0.396 e. The molecule has 1 aromatic rings. The fourth-order valence-electron chi connectivity index (χ4n) is 1.60. The van der Waals surface area contributed by atoms with E-state index in [0.29, 0.717) is 13.0 Å². The number of carbonyl (C=O) groups excluding carboxylic acids is 1. The lowest BCUT2D eigenvalue weighted by Gasteiger charge is -2.25. The van der Waals surface area contributed by atoms with Crippen molar-refractivity contribution in [1.29, 1.82) is 0 Å². The predicted octanol–water partition coefficient (Wildman–Crippen LogP) is 1.16. The van der Waals surface area contributed by atoms with Gasteiger partial charge in [-0.15, -0.1) is 0 Å². The lowest BCUT2D eigenvalue weighted by molar-refractivity contribution is -0.384. The van der Waals surface area contributed by atoms with Crippen molar-refractivity contribution in [3.8, 4) is 0 Å². The van der Waals surface area contributed by atoms with Crippen molar-refractivity contribution >= 4 is 11.6 Å². The van der Waals surface area contributed by atoms with Gasteiger partial charge in [-0.25, -0.2) is 0 Å². The maximum Gasteiger partial charge on any atom is 0.287 e. The van der Waals surface area contributed by atoms with Gasteiger partial charge in [-0.1, -0.05) is 0 Å². The molecule has 0 atom stereocenters. The zero-order valence-corrected chi connectivity index (χ0v) is 10.4. The highest BCUT2D eigenvalue weighted by atomic mass is 16.6. The van der Waals surface area contributed by atoms with Crippen LogP contribution in [-0.2, 0) is 0 Å². The van der Waals surface area contributed by atoms with Gasteiger partial charge in [-0.05, 0) is 20.3 Å². The summed E-state index contributed by atoms with van der Waals surface area (Å²) in [6.45, 7) is 4.13. The maximum absolute atomic E-state index is 12.1. The third-order valence-electron chi connectivity index (χ3n) is 2.55. The molecule has 0 unspecified atom stereocenters. The van der Waals surface area contributed by atoms with Crippen molar-refractivity contribution in [2.45, 2.75) is 26.3 Å². The second-order valence-electron chi connectivity index (χ2n) is 4.20. The van der Waals surface area contributed by atoms with Crippen LogP contribution in [0.1, 0.15) is 30.8 Å². The van der Waals surface area contributed by atoms with Crippen LogP contribution in [0.4, 0.5) is 5.69 Å². The van der Waals surface area contributed by atoms with E-state index in [1.54, 1.807) is 4.90 Å². The highest BCUT2D eigenvalue weighted by Gasteiger charge is 2.21. The van der Waals surface area contributed by atoms with E-state index in [4.69, 9.17) is 5.11 Å². The predicted molar refractivity (Wildman–Crippen MR) is 65.3 cm³/mol. The fourth-order valence-corrected chi connectivity index (χ4v) is 1.60. The van der Waals surface area contributed by atoms with E-state index in [0.717, 1.165) is 0 Å². The zero-order valence-electron chi connectivity index (χ0n) is 10.4. The molecule has 1 amide bonds. The molecule has 0 spiro atoms. The molecule has 0 aliphatic rings. The summed E-state index contributed by atoms with van der Waals surface area (Å²) < 4.78 is 0. The molecule has 0 aliphatic carbocycles. The molecule has 0 fully saturated rings. The Kier molecular flexibility index (Phi) is 4.85. The number of aliphatic hydroxyl groups is 1. The first-order valence-electron chi connectivity index (χ1n) is 5.72. The van der Waals surface area contributed by atoms with E-state index in [-0.39, 0.29) is 29.9 Å². The Balaban J connectivity index is 2.84. The number of H-pyrrole nitrogens is 1. The summed E-state index contributed by atoms with van der Waals surface area (Å²) in [5.41, 5.74) is 0.0533. The minimum atomic E-state index is -0.555. The fraction of sp³-hybridized carbons (Fsp3) is 0.545. The largest absolute Gasteiger partial charge is 0.396 e. The molecule has 7 nitrogen and oxygen atoms in total. The maximum atomic E-state index is 12.1. The number of carbonyl (C=O) groups is 1. The van der Waals surface area contributed by atoms with Crippen molar-refractivity contribution in [3.05, 3.63) is 28.1 Å². The molecule has 0 radical (unpaired) electrons. The van der Waals surface area contributed by atoms with Crippen molar-refractivity contribution < 1.29 is 14.8 Å². The Bertz CT molecular complexity index is 428. The summed E-state index contributed by atoms with van der Waals surface area (Å²) in [4.78, 5) is 26.3. The molecule has 0 bridgehead atoms. The SMILES string of the molecule is CC(C)N(CCCO)C(=O)c1cc([N+](=O)[O-])c[nH]1. The van der Waals surface area contributed by atoms with Crippen molar-refractivity contribution in [2.75, 3.05) is 13.2 Å². The van der Waals surface area contributed by atoms with Crippen LogP contribution in [0.3, 0.4) is 0 Å². The average Bonchev–Trinajstić information content (AvgIpc) is 2.78. The van der Waals surface area contributed by atoms with Crippen LogP contribution in [0.25, 0.3) is 0 Å². The third kappa shape index (κ3) is 3.30. The molecule has 1 heterocycles. The number of aliphatic hydroxyl groups excluding tert-OH is 1. The van der Waals surface area contributed by atoms with E-state index in [2.05, 4.69) is 4.98 Å². The molecule has 1 rings (SSSR count). The topological polar surface area (TPSA) is 99.5 Å². The second kappa shape index (κ2) is 6.15. The van der Waals surface area contributed by atoms with E-state index < -0.39 is 4.92 Å². The number of nitrogens with one attached hydrogen (secondary N) is 1. The minimum absolute atomic E-state index is 0.00136. The standard InChI is InChI=1S/C11H17N3O4/c1-8(2)13(4-3-5-15)11(16)10-6-9(7-12-10)14(17)18/h6-8,12,15H,3-5H2,1-2H3. The highest BCUT2D eigenvalue weighted by Crippen LogP contribution is 2.15. The van der Waals surface area contributed by atoms with Crippen LogP contribution in [-0.4, -0.2) is 45.0 Å². The van der Waals surface area contributed by atoms with Gasteiger partial charge >= 0.3 is 0 Å². The van der Waals surface area contributed by atoms with Gasteiger partial charge in [-0.2, -0.15) is 0 Å². The lowest BCUT2D eigenvalue weighted by Crippen LogP contribution is -2.38. The van der Waals surface area contributed by atoms with Crippen LogP contribution in [0.5, 0.6) is 0 Å². The van der Waals surface area contributed by atoms with Crippen LogP contribution < -0.4 is 0 Å². The third-order valence-corrected chi connectivity index (χ3v) is 2.55. The number of aromatic amines is 1. The summed E-state index contributed by atoms with van der Waals surface area (Å²) in [7, 11) is 0. The van der Waals surface area contributed by atoms with Crippen LogP contribution in [0.2, 0.25) is 0 Å².